The van der Waals surface area contributed by atoms with Crippen LogP contribution in [-0.2, 0) is 24.4 Å². The van der Waals surface area contributed by atoms with E-state index in [-0.39, 0.29) is 0 Å². The van der Waals surface area contributed by atoms with E-state index in [1.165, 1.54) is 0 Å². The Balaban J connectivity index is 1.62. The number of nitrogens with one attached hydrogen (secondary N) is 1. The number of rotatable bonds is 5. The number of ether oxygens (including phenoxy) is 1. The summed E-state index contributed by atoms with van der Waals surface area (Å²) in [4.78, 5) is 7.87. The predicted octanol–water partition coefficient (Wildman–Crippen LogP) is 4.27. The van der Waals surface area contributed by atoms with Gasteiger partial charge in [0, 0.05) is 61.9 Å². The van der Waals surface area contributed by atoms with E-state index in [1.807, 2.05) is 61.8 Å². The Hall–Kier alpha value is -3.71. The third kappa shape index (κ3) is 3.14. The topological polar surface area (TPSA) is 73.6 Å². The Kier molecular flexibility index (Phi) is 4.48. The second-order valence-electron chi connectivity index (χ2n) is 7.87. The number of pyridine rings is 1. The molecule has 1 aromatic carbocycles. The molecule has 0 aliphatic heterocycles. The highest BCUT2D eigenvalue weighted by molar-refractivity contribution is 5.94. The van der Waals surface area contributed by atoms with Crippen molar-refractivity contribution in [3.8, 4) is 22.4 Å². The average Bonchev–Trinajstić information content (AvgIpc) is 3.51. The molecule has 4 heterocycles. The fraction of sp³-hybridized carbons (Fsp3) is 0.208. The number of aromatic amines is 1. The van der Waals surface area contributed by atoms with Gasteiger partial charge in [0.25, 0.3) is 0 Å². The van der Waals surface area contributed by atoms with Crippen LogP contribution in [0.25, 0.3) is 33.4 Å². The van der Waals surface area contributed by atoms with Crippen LogP contribution in [0.4, 0.5) is 0 Å². The molecular weight excluding hydrogens is 388 g/mol. The molecule has 0 saturated heterocycles. The summed E-state index contributed by atoms with van der Waals surface area (Å²) in [5.74, 6) is 0. The number of hydrogen-bond acceptors (Lipinski definition) is 4. The zero-order valence-electron chi connectivity index (χ0n) is 18.0. The van der Waals surface area contributed by atoms with Crippen molar-refractivity contribution >= 4 is 11.0 Å². The van der Waals surface area contributed by atoms with Crippen LogP contribution < -0.4 is 0 Å². The molecule has 156 valence electrons. The molecule has 5 aromatic rings. The predicted molar refractivity (Wildman–Crippen MR) is 120 cm³/mol. The smallest absolute Gasteiger partial charge is 0.137 e. The Morgan fingerprint density at radius 2 is 1.84 bits per heavy atom. The maximum Gasteiger partial charge on any atom is 0.137 e. The standard InChI is InChI=1S/C24H24N6O/c1-24(31-4,18-8-6-5-7-9-18)22-11-21(28-30(22)3)20-14-26-23-19(20)10-16(12-25-23)17-13-27-29(2)15-17/h5-15H,1-4H3,(H,25,26). The minimum atomic E-state index is -0.619. The van der Waals surface area contributed by atoms with Gasteiger partial charge in [0.05, 0.1) is 17.6 Å². The van der Waals surface area contributed by atoms with E-state index in [2.05, 4.69) is 46.3 Å². The first-order valence-electron chi connectivity index (χ1n) is 10.1. The summed E-state index contributed by atoms with van der Waals surface area (Å²) in [5, 5.41) is 10.1. The molecule has 0 spiro atoms. The van der Waals surface area contributed by atoms with Gasteiger partial charge < -0.3 is 9.72 Å². The zero-order chi connectivity index (χ0) is 21.6. The van der Waals surface area contributed by atoms with Crippen LogP contribution in [0.1, 0.15) is 18.2 Å². The molecule has 0 bridgehead atoms. The van der Waals surface area contributed by atoms with Crippen LogP contribution in [0, 0.1) is 0 Å². The summed E-state index contributed by atoms with van der Waals surface area (Å²) in [6.07, 6.45) is 7.65. The quantitative estimate of drug-likeness (QED) is 0.468. The first-order valence-corrected chi connectivity index (χ1v) is 10.1. The van der Waals surface area contributed by atoms with Crippen LogP contribution >= 0.6 is 0 Å². The molecule has 1 unspecified atom stereocenters. The maximum atomic E-state index is 6.00. The minimum Gasteiger partial charge on any atom is -0.367 e. The first kappa shape index (κ1) is 19.3. The SMILES string of the molecule is COC(C)(c1ccccc1)c1cc(-c2c[nH]c3ncc(-c4cnn(C)c4)cc23)nn1C. The lowest BCUT2D eigenvalue weighted by Crippen LogP contribution is -2.28. The van der Waals surface area contributed by atoms with Crippen molar-refractivity contribution in [2.24, 2.45) is 14.1 Å². The Bertz CT molecular complexity index is 1360. The normalized spacial score (nSPS) is 13.5. The van der Waals surface area contributed by atoms with Crippen molar-refractivity contribution < 1.29 is 4.74 Å². The van der Waals surface area contributed by atoms with Crippen LogP contribution in [0.15, 0.2) is 67.3 Å². The number of fused-ring (bicyclic) bond motifs is 1. The van der Waals surface area contributed by atoms with Gasteiger partial charge in [-0.2, -0.15) is 10.2 Å². The van der Waals surface area contributed by atoms with E-state index in [9.17, 15) is 0 Å². The van der Waals surface area contributed by atoms with Gasteiger partial charge in [-0.3, -0.25) is 9.36 Å². The zero-order valence-corrected chi connectivity index (χ0v) is 18.0. The lowest BCUT2D eigenvalue weighted by molar-refractivity contribution is 0.0321. The Morgan fingerprint density at radius 3 is 2.55 bits per heavy atom. The molecule has 7 nitrogen and oxygen atoms in total. The molecular formula is C24H24N6O. The lowest BCUT2D eigenvalue weighted by atomic mass is 9.91. The van der Waals surface area contributed by atoms with Gasteiger partial charge in [-0.1, -0.05) is 30.3 Å². The van der Waals surface area contributed by atoms with E-state index in [4.69, 9.17) is 9.84 Å². The molecule has 4 aromatic heterocycles. The second kappa shape index (κ2) is 7.21. The van der Waals surface area contributed by atoms with Crippen LogP contribution in [0.3, 0.4) is 0 Å². The molecule has 0 aliphatic carbocycles. The lowest BCUT2D eigenvalue weighted by Gasteiger charge is -2.28. The van der Waals surface area contributed by atoms with Crippen LogP contribution in [0.5, 0.6) is 0 Å². The number of nitrogens with zero attached hydrogens (tertiary/aromatic N) is 5. The molecule has 0 aliphatic rings. The number of hydrogen-bond donors (Lipinski definition) is 1. The van der Waals surface area contributed by atoms with E-state index in [0.717, 1.165) is 44.7 Å². The molecule has 0 amide bonds. The third-order valence-electron chi connectivity index (χ3n) is 5.95. The monoisotopic (exact) mass is 412 g/mol. The molecule has 0 saturated carbocycles. The summed E-state index contributed by atoms with van der Waals surface area (Å²) in [7, 11) is 5.59. The third-order valence-corrected chi connectivity index (χ3v) is 5.95. The highest BCUT2D eigenvalue weighted by atomic mass is 16.5. The number of aromatic nitrogens is 6. The molecule has 1 N–H and O–H groups in total. The van der Waals surface area contributed by atoms with Gasteiger partial charge in [-0.15, -0.1) is 0 Å². The number of methoxy groups -OCH3 is 1. The summed E-state index contributed by atoms with van der Waals surface area (Å²) in [6, 6.07) is 14.4. The largest absolute Gasteiger partial charge is 0.367 e. The van der Waals surface area contributed by atoms with E-state index in [0.29, 0.717) is 0 Å². The van der Waals surface area contributed by atoms with Crippen molar-refractivity contribution in [1.82, 2.24) is 29.5 Å². The highest BCUT2D eigenvalue weighted by Crippen LogP contribution is 2.36. The van der Waals surface area contributed by atoms with Gasteiger partial charge >= 0.3 is 0 Å². The summed E-state index contributed by atoms with van der Waals surface area (Å²) >= 11 is 0. The van der Waals surface area contributed by atoms with Gasteiger partial charge in [0.15, 0.2) is 0 Å². The average molecular weight is 412 g/mol. The van der Waals surface area contributed by atoms with Crippen molar-refractivity contribution in [3.05, 3.63) is 78.5 Å². The summed E-state index contributed by atoms with van der Waals surface area (Å²) in [6.45, 7) is 2.07. The molecule has 7 heteroatoms. The number of aryl methyl sites for hydroxylation is 2. The van der Waals surface area contributed by atoms with Gasteiger partial charge in [-0.05, 0) is 24.6 Å². The fourth-order valence-corrected chi connectivity index (χ4v) is 4.12. The Labute approximate surface area is 180 Å². The van der Waals surface area contributed by atoms with Crippen LogP contribution in [-0.4, -0.2) is 36.6 Å². The van der Waals surface area contributed by atoms with E-state index in [1.54, 1.807) is 11.8 Å². The minimum absolute atomic E-state index is 0.619. The summed E-state index contributed by atoms with van der Waals surface area (Å²) < 4.78 is 9.68. The Morgan fingerprint density at radius 1 is 1.03 bits per heavy atom. The molecule has 31 heavy (non-hydrogen) atoms. The molecule has 5 rings (SSSR count). The molecule has 0 radical (unpaired) electrons. The van der Waals surface area contributed by atoms with Crippen LogP contribution in [0.2, 0.25) is 0 Å². The van der Waals surface area contributed by atoms with E-state index >= 15 is 0 Å². The molecule has 0 fully saturated rings. The number of H-pyrrole nitrogens is 1. The maximum absolute atomic E-state index is 6.00. The van der Waals surface area contributed by atoms with Crippen molar-refractivity contribution in [2.45, 2.75) is 12.5 Å². The van der Waals surface area contributed by atoms with Crippen molar-refractivity contribution in [2.75, 3.05) is 7.11 Å². The molecule has 1 atom stereocenters. The van der Waals surface area contributed by atoms with Gasteiger partial charge in [0.1, 0.15) is 11.2 Å². The highest BCUT2D eigenvalue weighted by Gasteiger charge is 2.32. The van der Waals surface area contributed by atoms with E-state index < -0.39 is 5.60 Å². The first-order chi connectivity index (χ1) is 15.0. The van der Waals surface area contributed by atoms with Crippen molar-refractivity contribution in [1.29, 1.82) is 0 Å². The number of benzene rings is 1. The van der Waals surface area contributed by atoms with Crippen molar-refractivity contribution in [3.63, 3.8) is 0 Å². The fourth-order valence-electron chi connectivity index (χ4n) is 4.12. The van der Waals surface area contributed by atoms with Gasteiger partial charge in [-0.25, -0.2) is 4.98 Å². The summed E-state index contributed by atoms with van der Waals surface area (Å²) in [5.41, 5.74) is 6.17. The second-order valence-corrected chi connectivity index (χ2v) is 7.87. The van der Waals surface area contributed by atoms with Gasteiger partial charge in [0.2, 0.25) is 0 Å².